The number of benzene rings is 2. The minimum atomic E-state index is -0.294. The summed E-state index contributed by atoms with van der Waals surface area (Å²) in [6.07, 6.45) is 5.39. The highest BCUT2D eigenvalue weighted by atomic mass is 79.9. The molecule has 2 atom stereocenters. The first-order chi connectivity index (χ1) is 12.7. The van der Waals surface area contributed by atoms with Crippen LogP contribution >= 0.6 is 15.9 Å². The third-order valence-corrected chi connectivity index (χ3v) is 6.71. The molecular weight excluding hydrogens is 386 g/mol. The van der Waals surface area contributed by atoms with Crippen LogP contribution in [0.25, 0.3) is 0 Å². The van der Waals surface area contributed by atoms with Gasteiger partial charge in [0.1, 0.15) is 0 Å². The van der Waals surface area contributed by atoms with E-state index in [1.54, 1.807) is 0 Å². The molecule has 138 valence electrons. The molecule has 0 saturated carbocycles. The van der Waals surface area contributed by atoms with Crippen molar-refractivity contribution in [1.29, 1.82) is 0 Å². The Labute approximate surface area is 165 Å². The molecule has 0 spiro atoms. The van der Waals surface area contributed by atoms with Crippen LogP contribution in [0.2, 0.25) is 0 Å². The molecule has 0 aromatic heterocycles. The smallest absolute Gasteiger partial charge is 0.0795 e. The van der Waals surface area contributed by atoms with Gasteiger partial charge in [0.05, 0.1) is 6.10 Å². The largest absolute Gasteiger partial charge is 0.388 e. The van der Waals surface area contributed by atoms with Crippen LogP contribution in [0.15, 0.2) is 53.0 Å². The van der Waals surface area contributed by atoms with Crippen molar-refractivity contribution in [2.75, 3.05) is 19.6 Å². The number of aliphatic hydroxyl groups excluding tert-OH is 1. The lowest BCUT2D eigenvalue weighted by Gasteiger charge is -2.34. The molecule has 1 N–H and O–H groups in total. The minimum Gasteiger partial charge on any atom is -0.388 e. The number of hydrogen-bond acceptors (Lipinski definition) is 2. The topological polar surface area (TPSA) is 23.5 Å². The van der Waals surface area contributed by atoms with Gasteiger partial charge in [-0.25, -0.2) is 0 Å². The number of halogens is 1. The summed E-state index contributed by atoms with van der Waals surface area (Å²) in [5, 5.41) is 10.6. The molecule has 1 saturated heterocycles. The molecule has 0 radical (unpaired) electrons. The standard InChI is InChI=1S/C23H28BrNO/c24-21-6-3-5-20(15-21)18-10-12-25(13-11-18)16-17-8-9-19-4-1-2-7-22(19)23(26)14-17/h1-7,15,17-18,23,26H,8-14,16H2/t17-,23-/m1/s1. The van der Waals surface area contributed by atoms with Crippen LogP contribution in [0.5, 0.6) is 0 Å². The van der Waals surface area contributed by atoms with E-state index in [9.17, 15) is 5.11 Å². The molecule has 1 aliphatic carbocycles. The number of fused-ring (bicyclic) bond motifs is 1. The lowest BCUT2D eigenvalue weighted by Crippen LogP contribution is -2.36. The van der Waals surface area contributed by atoms with E-state index in [1.165, 1.54) is 48.0 Å². The average Bonchev–Trinajstić information content (AvgIpc) is 2.82. The van der Waals surface area contributed by atoms with Gasteiger partial charge in [0, 0.05) is 11.0 Å². The Morgan fingerprint density at radius 3 is 2.62 bits per heavy atom. The molecule has 2 nitrogen and oxygen atoms in total. The summed E-state index contributed by atoms with van der Waals surface area (Å²) in [5.74, 6) is 1.28. The Kier molecular flexibility index (Phi) is 5.78. The van der Waals surface area contributed by atoms with Crippen molar-refractivity contribution in [3.63, 3.8) is 0 Å². The highest BCUT2D eigenvalue weighted by Gasteiger charge is 2.27. The number of piperidine rings is 1. The van der Waals surface area contributed by atoms with Crippen molar-refractivity contribution in [1.82, 2.24) is 4.90 Å². The Balaban J connectivity index is 1.32. The Hall–Kier alpha value is -1.16. The van der Waals surface area contributed by atoms with Crippen molar-refractivity contribution in [2.24, 2.45) is 5.92 Å². The summed E-state index contributed by atoms with van der Waals surface area (Å²) in [4.78, 5) is 2.63. The molecule has 1 fully saturated rings. The van der Waals surface area contributed by atoms with Gasteiger partial charge < -0.3 is 10.0 Å². The predicted octanol–water partition coefficient (Wildman–Crippen LogP) is 5.31. The van der Waals surface area contributed by atoms with Gasteiger partial charge in [-0.15, -0.1) is 0 Å². The van der Waals surface area contributed by atoms with Gasteiger partial charge in [0.15, 0.2) is 0 Å². The maximum atomic E-state index is 10.6. The first kappa shape index (κ1) is 18.2. The van der Waals surface area contributed by atoms with E-state index < -0.39 is 0 Å². The van der Waals surface area contributed by atoms with Crippen LogP contribution in [0, 0.1) is 5.92 Å². The zero-order valence-corrected chi connectivity index (χ0v) is 16.9. The normalized spacial score (nSPS) is 24.8. The highest BCUT2D eigenvalue weighted by Crippen LogP contribution is 2.34. The van der Waals surface area contributed by atoms with Crippen LogP contribution in [0.4, 0.5) is 0 Å². The molecule has 1 heterocycles. The maximum absolute atomic E-state index is 10.6. The van der Waals surface area contributed by atoms with Crippen LogP contribution < -0.4 is 0 Å². The van der Waals surface area contributed by atoms with Crippen molar-refractivity contribution < 1.29 is 5.11 Å². The third-order valence-electron chi connectivity index (χ3n) is 6.22. The fourth-order valence-corrected chi connectivity index (χ4v) is 5.16. The fraction of sp³-hybridized carbons (Fsp3) is 0.478. The third kappa shape index (κ3) is 4.21. The molecular formula is C23H28BrNO. The van der Waals surface area contributed by atoms with Crippen LogP contribution in [0.1, 0.15) is 54.4 Å². The molecule has 0 amide bonds. The summed E-state index contributed by atoms with van der Waals surface area (Å²) in [6.45, 7) is 3.49. The van der Waals surface area contributed by atoms with Gasteiger partial charge in [-0.1, -0.05) is 52.3 Å². The molecule has 2 aliphatic rings. The Morgan fingerprint density at radius 2 is 1.81 bits per heavy atom. The van der Waals surface area contributed by atoms with E-state index in [0.29, 0.717) is 11.8 Å². The minimum absolute atomic E-state index is 0.294. The second-order valence-corrected chi connectivity index (χ2v) is 8.90. The van der Waals surface area contributed by atoms with Gasteiger partial charge in [-0.2, -0.15) is 0 Å². The number of aliphatic hydroxyl groups is 1. The van der Waals surface area contributed by atoms with Gasteiger partial charge in [-0.05, 0) is 85.9 Å². The first-order valence-corrected chi connectivity index (χ1v) is 10.7. The monoisotopic (exact) mass is 413 g/mol. The molecule has 4 rings (SSSR count). The van der Waals surface area contributed by atoms with Gasteiger partial charge >= 0.3 is 0 Å². The van der Waals surface area contributed by atoms with Crippen molar-refractivity contribution in [3.8, 4) is 0 Å². The predicted molar refractivity (Wildman–Crippen MR) is 110 cm³/mol. The first-order valence-electron chi connectivity index (χ1n) is 9.92. The average molecular weight is 414 g/mol. The molecule has 2 aromatic carbocycles. The van der Waals surface area contributed by atoms with E-state index >= 15 is 0 Å². The second kappa shape index (κ2) is 8.24. The van der Waals surface area contributed by atoms with Gasteiger partial charge in [-0.3, -0.25) is 0 Å². The lowest BCUT2D eigenvalue weighted by atomic mass is 9.88. The molecule has 26 heavy (non-hydrogen) atoms. The van der Waals surface area contributed by atoms with Crippen LogP contribution in [-0.2, 0) is 6.42 Å². The summed E-state index contributed by atoms with van der Waals surface area (Å²) < 4.78 is 1.18. The van der Waals surface area contributed by atoms with Crippen molar-refractivity contribution in [2.45, 2.75) is 44.1 Å². The van der Waals surface area contributed by atoms with E-state index in [1.807, 2.05) is 0 Å². The lowest BCUT2D eigenvalue weighted by molar-refractivity contribution is 0.117. The number of aryl methyl sites for hydroxylation is 1. The number of hydrogen-bond donors (Lipinski definition) is 1. The second-order valence-electron chi connectivity index (χ2n) is 7.98. The quantitative estimate of drug-likeness (QED) is 0.688. The SMILES string of the molecule is O[C@@H]1C[C@H](CN2CCC(c3cccc(Br)c3)CC2)CCc2ccccc21. The molecule has 0 unspecified atom stereocenters. The zero-order chi connectivity index (χ0) is 17.9. The number of likely N-dealkylation sites (tertiary alicyclic amines) is 1. The van der Waals surface area contributed by atoms with Crippen molar-refractivity contribution in [3.05, 3.63) is 69.7 Å². The summed E-state index contributed by atoms with van der Waals surface area (Å²) >= 11 is 3.60. The van der Waals surface area contributed by atoms with E-state index in [2.05, 4.69) is 69.4 Å². The number of nitrogens with zero attached hydrogens (tertiary/aromatic N) is 1. The fourth-order valence-electron chi connectivity index (χ4n) is 4.75. The molecule has 0 bridgehead atoms. The van der Waals surface area contributed by atoms with E-state index in [-0.39, 0.29) is 6.10 Å². The number of rotatable bonds is 3. The summed E-state index contributed by atoms with van der Waals surface area (Å²) in [7, 11) is 0. The summed E-state index contributed by atoms with van der Waals surface area (Å²) in [6, 6.07) is 17.2. The Bertz CT molecular complexity index is 738. The van der Waals surface area contributed by atoms with Crippen molar-refractivity contribution >= 4 is 15.9 Å². The van der Waals surface area contributed by atoms with Crippen LogP contribution in [0.3, 0.4) is 0 Å². The molecule has 2 aromatic rings. The van der Waals surface area contributed by atoms with E-state index in [4.69, 9.17) is 0 Å². The van der Waals surface area contributed by atoms with Gasteiger partial charge in [0.2, 0.25) is 0 Å². The Morgan fingerprint density at radius 1 is 1.00 bits per heavy atom. The maximum Gasteiger partial charge on any atom is 0.0795 e. The highest BCUT2D eigenvalue weighted by molar-refractivity contribution is 9.10. The van der Waals surface area contributed by atoms with Crippen LogP contribution in [-0.4, -0.2) is 29.6 Å². The molecule has 3 heteroatoms. The molecule has 1 aliphatic heterocycles. The summed E-state index contributed by atoms with van der Waals surface area (Å²) in [5.41, 5.74) is 3.97. The van der Waals surface area contributed by atoms with E-state index in [0.717, 1.165) is 24.9 Å². The zero-order valence-electron chi connectivity index (χ0n) is 15.3. The van der Waals surface area contributed by atoms with Gasteiger partial charge in [0.25, 0.3) is 0 Å².